The fraction of sp³-hybridized carbons (Fsp3) is 0.500. The summed E-state index contributed by atoms with van der Waals surface area (Å²) in [7, 11) is 0. The number of hydrogen-bond acceptors (Lipinski definition) is 5. The summed E-state index contributed by atoms with van der Waals surface area (Å²) in [5.74, 6) is 4.04. The predicted molar refractivity (Wildman–Crippen MR) is 115 cm³/mol. The van der Waals surface area contributed by atoms with Crippen LogP contribution in [0.25, 0.3) is 0 Å². The van der Waals surface area contributed by atoms with Gasteiger partial charge in [0.1, 0.15) is 10.1 Å². The van der Waals surface area contributed by atoms with Crippen LogP contribution in [0.4, 0.5) is 0 Å². The number of alkyl halides is 1. The Morgan fingerprint density at radius 2 is 1.35 bits per heavy atom. The van der Waals surface area contributed by atoms with Gasteiger partial charge >= 0.3 is 0 Å². The summed E-state index contributed by atoms with van der Waals surface area (Å²) in [6.07, 6.45) is 3.58. The molecule has 0 aromatic carbocycles. The summed E-state index contributed by atoms with van der Waals surface area (Å²) in [6.45, 7) is 8.84. The molecule has 0 aliphatic rings. The van der Waals surface area contributed by atoms with Crippen LogP contribution < -0.4 is 0 Å². The Kier molecular flexibility index (Phi) is 12.0. The lowest BCUT2D eigenvalue weighted by Gasteiger charge is -2.06. The molecule has 2 heterocycles. The van der Waals surface area contributed by atoms with Crippen molar-refractivity contribution in [2.45, 2.75) is 50.2 Å². The molecule has 0 bridgehead atoms. The molecule has 0 saturated carbocycles. The van der Waals surface area contributed by atoms with Crippen LogP contribution in [-0.2, 0) is 12.5 Å². The van der Waals surface area contributed by atoms with Crippen molar-refractivity contribution in [3.05, 3.63) is 47.8 Å². The Labute approximate surface area is 171 Å². The minimum atomic E-state index is 0.0776. The van der Waals surface area contributed by atoms with Crippen molar-refractivity contribution in [2.75, 3.05) is 11.5 Å². The SMILES string of the molecule is CC(C)CSc1ncccc1CCl.CC(C)CSc1ncccc1CO. The highest BCUT2D eigenvalue weighted by atomic mass is 35.5. The fourth-order valence-corrected chi connectivity index (χ4v) is 4.01. The number of hydrogen-bond donors (Lipinski definition) is 1. The van der Waals surface area contributed by atoms with Gasteiger partial charge in [-0.1, -0.05) is 39.8 Å². The second-order valence-electron chi connectivity index (χ2n) is 6.64. The van der Waals surface area contributed by atoms with Crippen molar-refractivity contribution in [1.82, 2.24) is 9.97 Å². The van der Waals surface area contributed by atoms with Crippen LogP contribution in [0.1, 0.15) is 38.8 Å². The summed E-state index contributed by atoms with van der Waals surface area (Å²) in [4.78, 5) is 8.52. The first kappa shape index (κ1) is 23.3. The molecule has 2 aromatic rings. The van der Waals surface area contributed by atoms with Gasteiger partial charge in [-0.3, -0.25) is 0 Å². The quantitative estimate of drug-likeness (QED) is 0.432. The van der Waals surface area contributed by atoms with Crippen molar-refractivity contribution in [1.29, 1.82) is 0 Å². The topological polar surface area (TPSA) is 46.0 Å². The van der Waals surface area contributed by atoms with E-state index >= 15 is 0 Å². The van der Waals surface area contributed by atoms with Gasteiger partial charge in [0, 0.05) is 29.5 Å². The highest BCUT2D eigenvalue weighted by Crippen LogP contribution is 2.23. The van der Waals surface area contributed by atoms with Crippen LogP contribution in [-0.4, -0.2) is 26.6 Å². The van der Waals surface area contributed by atoms with E-state index in [1.165, 1.54) is 0 Å². The molecule has 0 fully saturated rings. The van der Waals surface area contributed by atoms with E-state index in [1.54, 1.807) is 29.7 Å². The third-order valence-electron chi connectivity index (χ3n) is 3.12. The largest absolute Gasteiger partial charge is 0.392 e. The monoisotopic (exact) mass is 412 g/mol. The van der Waals surface area contributed by atoms with Gasteiger partial charge in [0.25, 0.3) is 0 Å². The zero-order valence-electron chi connectivity index (χ0n) is 16.0. The second kappa shape index (κ2) is 13.4. The summed E-state index contributed by atoms with van der Waals surface area (Å²) < 4.78 is 0. The summed E-state index contributed by atoms with van der Waals surface area (Å²) in [5, 5.41) is 11.1. The molecule has 1 N–H and O–H groups in total. The maximum Gasteiger partial charge on any atom is 0.101 e. The number of nitrogens with zero attached hydrogens (tertiary/aromatic N) is 2. The average Bonchev–Trinajstić information content (AvgIpc) is 2.65. The first-order valence-electron chi connectivity index (χ1n) is 8.78. The molecule has 2 rings (SSSR count). The van der Waals surface area contributed by atoms with Crippen molar-refractivity contribution in [3.8, 4) is 0 Å². The molecule has 2 aromatic heterocycles. The van der Waals surface area contributed by atoms with Gasteiger partial charge in [0.2, 0.25) is 0 Å². The lowest BCUT2D eigenvalue weighted by molar-refractivity contribution is 0.278. The fourth-order valence-electron chi connectivity index (χ4n) is 1.82. The zero-order valence-corrected chi connectivity index (χ0v) is 18.4. The van der Waals surface area contributed by atoms with Gasteiger partial charge in [0.05, 0.1) is 12.5 Å². The van der Waals surface area contributed by atoms with Crippen molar-refractivity contribution in [3.63, 3.8) is 0 Å². The van der Waals surface area contributed by atoms with E-state index in [4.69, 9.17) is 16.7 Å². The molecule has 26 heavy (non-hydrogen) atoms. The third-order valence-corrected chi connectivity index (χ3v) is 6.36. The molecule has 0 unspecified atom stereocenters. The molecule has 0 atom stereocenters. The average molecular weight is 413 g/mol. The highest BCUT2D eigenvalue weighted by Gasteiger charge is 2.04. The lowest BCUT2D eigenvalue weighted by atomic mass is 10.3. The Morgan fingerprint density at radius 3 is 1.77 bits per heavy atom. The van der Waals surface area contributed by atoms with E-state index in [0.29, 0.717) is 17.7 Å². The number of thioether (sulfide) groups is 2. The van der Waals surface area contributed by atoms with E-state index in [0.717, 1.165) is 32.7 Å². The van der Waals surface area contributed by atoms with Crippen molar-refractivity contribution < 1.29 is 5.11 Å². The maximum atomic E-state index is 9.03. The predicted octanol–water partition coefficient (Wildman–Crippen LogP) is 5.89. The first-order valence-corrected chi connectivity index (χ1v) is 11.3. The molecular formula is C20H29ClN2OS2. The zero-order chi connectivity index (χ0) is 19.4. The minimum Gasteiger partial charge on any atom is -0.392 e. The normalized spacial score (nSPS) is 10.8. The number of rotatable bonds is 8. The van der Waals surface area contributed by atoms with Crippen LogP contribution in [0.2, 0.25) is 0 Å². The Bertz CT molecular complexity index is 583. The number of aromatic nitrogens is 2. The molecule has 0 spiro atoms. The number of halogens is 1. The molecule has 6 heteroatoms. The molecule has 0 saturated heterocycles. The van der Waals surface area contributed by atoms with Crippen molar-refractivity contribution in [2.24, 2.45) is 11.8 Å². The van der Waals surface area contributed by atoms with E-state index in [9.17, 15) is 0 Å². The Balaban J connectivity index is 0.000000260. The number of aliphatic hydroxyl groups excluding tert-OH is 1. The van der Waals surface area contributed by atoms with E-state index in [-0.39, 0.29) is 6.61 Å². The summed E-state index contributed by atoms with van der Waals surface area (Å²) >= 11 is 9.29. The lowest BCUT2D eigenvalue weighted by Crippen LogP contribution is -1.95. The van der Waals surface area contributed by atoms with E-state index in [1.807, 2.05) is 30.5 Å². The third kappa shape index (κ3) is 9.26. The molecular weight excluding hydrogens is 384 g/mol. The second-order valence-corrected chi connectivity index (χ2v) is 8.92. The molecule has 144 valence electrons. The molecule has 3 nitrogen and oxygen atoms in total. The first-order chi connectivity index (χ1) is 12.5. The van der Waals surface area contributed by atoms with E-state index in [2.05, 4.69) is 37.7 Å². The van der Waals surface area contributed by atoms with E-state index < -0.39 is 0 Å². The smallest absolute Gasteiger partial charge is 0.101 e. The van der Waals surface area contributed by atoms with Crippen LogP contribution in [0.5, 0.6) is 0 Å². The van der Waals surface area contributed by atoms with Gasteiger partial charge in [-0.05, 0) is 29.5 Å². The standard InChI is InChI=1S/C10H14ClNS.C10H15NOS/c1-8(2)7-13-10-9(6-11)4-3-5-12-10;1-8(2)7-13-10-9(6-12)4-3-5-11-10/h3-5,8H,6-7H2,1-2H3;3-5,8,12H,6-7H2,1-2H3. The molecule has 0 radical (unpaired) electrons. The maximum absolute atomic E-state index is 9.03. The van der Waals surface area contributed by atoms with Crippen molar-refractivity contribution >= 4 is 35.1 Å². The van der Waals surface area contributed by atoms with Crippen LogP contribution in [0, 0.1) is 11.8 Å². The van der Waals surface area contributed by atoms with Crippen LogP contribution in [0.15, 0.2) is 46.7 Å². The van der Waals surface area contributed by atoms with Gasteiger partial charge in [0.15, 0.2) is 0 Å². The number of aliphatic hydroxyl groups is 1. The van der Waals surface area contributed by atoms with Gasteiger partial charge in [-0.25, -0.2) is 9.97 Å². The Hall–Kier alpha value is -0.750. The molecule has 0 aliphatic heterocycles. The minimum absolute atomic E-state index is 0.0776. The number of pyridine rings is 2. The molecule has 0 amide bonds. The van der Waals surface area contributed by atoms with Gasteiger partial charge < -0.3 is 5.11 Å². The summed E-state index contributed by atoms with van der Waals surface area (Å²) in [6, 6.07) is 7.72. The highest BCUT2D eigenvalue weighted by molar-refractivity contribution is 7.99. The van der Waals surface area contributed by atoms with Gasteiger partial charge in [-0.15, -0.1) is 35.1 Å². The van der Waals surface area contributed by atoms with Crippen LogP contribution >= 0.6 is 35.1 Å². The van der Waals surface area contributed by atoms with Gasteiger partial charge in [-0.2, -0.15) is 0 Å². The molecule has 0 aliphatic carbocycles. The van der Waals surface area contributed by atoms with Crippen LogP contribution in [0.3, 0.4) is 0 Å². The Morgan fingerprint density at radius 1 is 0.885 bits per heavy atom. The summed E-state index contributed by atoms with van der Waals surface area (Å²) in [5.41, 5.74) is 2.06.